The van der Waals surface area contributed by atoms with Gasteiger partial charge in [0.15, 0.2) is 0 Å². The van der Waals surface area contributed by atoms with E-state index in [1.54, 1.807) is 20.0 Å². The van der Waals surface area contributed by atoms with Gasteiger partial charge in [-0.05, 0) is 43.7 Å². The minimum atomic E-state index is -0.525. The fourth-order valence-electron chi connectivity index (χ4n) is 2.31. The third-order valence-electron chi connectivity index (χ3n) is 3.71. The van der Waals surface area contributed by atoms with Crippen molar-refractivity contribution in [3.8, 4) is 0 Å². The Morgan fingerprint density at radius 3 is 2.52 bits per heavy atom. The Kier molecular flexibility index (Phi) is 5.02. The Hall–Kier alpha value is -1.81. The molecular formula is C17H20F2N2. The van der Waals surface area contributed by atoms with Gasteiger partial charge < -0.3 is 5.32 Å². The zero-order chi connectivity index (χ0) is 15.4. The van der Waals surface area contributed by atoms with Crippen molar-refractivity contribution >= 4 is 0 Å². The van der Waals surface area contributed by atoms with E-state index in [0.29, 0.717) is 17.5 Å². The standard InChI is InChI=1S/C17H20F2N2/c1-4-12-5-6-13(21-10-12)8-17(20-3)14-7-11(2)15(18)9-16(14)19/h5-7,9-10,17,20H,4,8H2,1-3H3. The Labute approximate surface area is 124 Å². The number of hydrogen-bond acceptors (Lipinski definition) is 2. The van der Waals surface area contributed by atoms with Crippen LogP contribution < -0.4 is 5.32 Å². The van der Waals surface area contributed by atoms with Crippen molar-refractivity contribution in [2.24, 2.45) is 0 Å². The monoisotopic (exact) mass is 290 g/mol. The summed E-state index contributed by atoms with van der Waals surface area (Å²) in [4.78, 5) is 4.40. The van der Waals surface area contributed by atoms with E-state index >= 15 is 0 Å². The molecule has 1 aromatic heterocycles. The molecule has 2 nitrogen and oxygen atoms in total. The van der Waals surface area contributed by atoms with Gasteiger partial charge in [0.05, 0.1) is 0 Å². The van der Waals surface area contributed by atoms with E-state index in [-0.39, 0.29) is 6.04 Å². The molecule has 0 aliphatic heterocycles. The van der Waals surface area contributed by atoms with E-state index in [9.17, 15) is 8.78 Å². The van der Waals surface area contributed by atoms with Gasteiger partial charge in [0.2, 0.25) is 0 Å². The number of nitrogens with one attached hydrogen (secondary N) is 1. The fourth-order valence-corrected chi connectivity index (χ4v) is 2.31. The van der Waals surface area contributed by atoms with Crippen LogP contribution in [0.5, 0.6) is 0 Å². The van der Waals surface area contributed by atoms with E-state index in [1.165, 1.54) is 5.56 Å². The predicted molar refractivity (Wildman–Crippen MR) is 80.2 cm³/mol. The zero-order valence-corrected chi connectivity index (χ0v) is 12.6. The van der Waals surface area contributed by atoms with Gasteiger partial charge in [-0.3, -0.25) is 4.98 Å². The van der Waals surface area contributed by atoms with Crippen LogP contribution in [0.25, 0.3) is 0 Å². The van der Waals surface area contributed by atoms with Crippen LogP contribution in [0.3, 0.4) is 0 Å². The molecule has 0 saturated carbocycles. The molecule has 0 spiro atoms. The normalized spacial score (nSPS) is 12.4. The molecule has 2 rings (SSSR count). The number of aryl methyl sites for hydroxylation is 2. The van der Waals surface area contributed by atoms with Gasteiger partial charge >= 0.3 is 0 Å². The number of likely N-dealkylation sites (N-methyl/N-ethyl adjacent to an activating group) is 1. The van der Waals surface area contributed by atoms with Crippen LogP contribution in [-0.2, 0) is 12.8 Å². The minimum absolute atomic E-state index is 0.232. The lowest BCUT2D eigenvalue weighted by molar-refractivity contribution is 0.516. The molecule has 21 heavy (non-hydrogen) atoms. The molecule has 0 radical (unpaired) electrons. The molecule has 0 bridgehead atoms. The molecule has 1 heterocycles. The molecule has 1 aromatic carbocycles. The lowest BCUT2D eigenvalue weighted by atomic mass is 9.99. The first-order valence-corrected chi connectivity index (χ1v) is 7.11. The second-order valence-corrected chi connectivity index (χ2v) is 5.18. The molecule has 112 valence electrons. The Morgan fingerprint density at radius 2 is 1.95 bits per heavy atom. The molecule has 0 saturated heterocycles. The van der Waals surface area contributed by atoms with Crippen LogP contribution in [0.2, 0.25) is 0 Å². The number of pyridine rings is 1. The number of hydrogen-bond donors (Lipinski definition) is 1. The third-order valence-corrected chi connectivity index (χ3v) is 3.71. The maximum absolute atomic E-state index is 14.0. The lowest BCUT2D eigenvalue weighted by Gasteiger charge is -2.18. The predicted octanol–water partition coefficient (Wildman–Crippen LogP) is 3.73. The highest BCUT2D eigenvalue weighted by Crippen LogP contribution is 2.23. The Morgan fingerprint density at radius 1 is 1.19 bits per heavy atom. The highest BCUT2D eigenvalue weighted by atomic mass is 19.1. The van der Waals surface area contributed by atoms with Gasteiger partial charge in [-0.2, -0.15) is 0 Å². The molecule has 2 aromatic rings. The molecule has 1 unspecified atom stereocenters. The number of halogens is 2. The summed E-state index contributed by atoms with van der Waals surface area (Å²) >= 11 is 0. The Balaban J connectivity index is 2.25. The molecule has 4 heteroatoms. The highest BCUT2D eigenvalue weighted by molar-refractivity contribution is 5.29. The highest BCUT2D eigenvalue weighted by Gasteiger charge is 2.17. The largest absolute Gasteiger partial charge is 0.313 e. The number of benzene rings is 1. The quantitative estimate of drug-likeness (QED) is 0.907. The first-order chi connectivity index (χ1) is 10.0. The average molecular weight is 290 g/mol. The van der Waals surface area contributed by atoms with Crippen molar-refractivity contribution in [3.63, 3.8) is 0 Å². The molecule has 0 amide bonds. The summed E-state index contributed by atoms with van der Waals surface area (Å²) in [7, 11) is 1.77. The average Bonchev–Trinajstić information content (AvgIpc) is 2.49. The second-order valence-electron chi connectivity index (χ2n) is 5.18. The number of rotatable bonds is 5. The van der Waals surface area contributed by atoms with Crippen molar-refractivity contribution in [3.05, 3.63) is 64.5 Å². The second kappa shape index (κ2) is 6.76. The van der Waals surface area contributed by atoms with Crippen LogP contribution in [0.15, 0.2) is 30.5 Å². The van der Waals surface area contributed by atoms with Crippen LogP contribution in [0, 0.1) is 18.6 Å². The van der Waals surface area contributed by atoms with Crippen LogP contribution in [0.1, 0.15) is 35.3 Å². The van der Waals surface area contributed by atoms with Crippen LogP contribution in [0.4, 0.5) is 8.78 Å². The molecule has 0 fully saturated rings. The van der Waals surface area contributed by atoms with Crippen molar-refractivity contribution in [2.45, 2.75) is 32.7 Å². The van der Waals surface area contributed by atoms with Crippen LogP contribution >= 0.6 is 0 Å². The SMILES string of the molecule is CCc1ccc(CC(NC)c2cc(C)c(F)cc2F)nc1. The number of aromatic nitrogens is 1. The maximum atomic E-state index is 14.0. The van der Waals surface area contributed by atoms with Crippen molar-refractivity contribution in [2.75, 3.05) is 7.05 Å². The van der Waals surface area contributed by atoms with Gasteiger partial charge in [-0.15, -0.1) is 0 Å². The number of nitrogens with zero attached hydrogens (tertiary/aromatic N) is 1. The topological polar surface area (TPSA) is 24.9 Å². The van der Waals surface area contributed by atoms with Gasteiger partial charge in [0, 0.05) is 36.0 Å². The maximum Gasteiger partial charge on any atom is 0.130 e. The van der Waals surface area contributed by atoms with E-state index in [1.807, 2.05) is 18.3 Å². The third kappa shape index (κ3) is 3.64. The Bertz CT molecular complexity index is 609. The van der Waals surface area contributed by atoms with E-state index in [4.69, 9.17) is 0 Å². The van der Waals surface area contributed by atoms with Crippen molar-refractivity contribution < 1.29 is 8.78 Å². The first kappa shape index (κ1) is 15.6. The summed E-state index contributed by atoms with van der Waals surface area (Å²) in [5.41, 5.74) is 2.97. The molecule has 0 aliphatic carbocycles. The van der Waals surface area contributed by atoms with E-state index in [2.05, 4.69) is 17.2 Å². The first-order valence-electron chi connectivity index (χ1n) is 7.11. The van der Waals surface area contributed by atoms with Gasteiger partial charge in [0.1, 0.15) is 11.6 Å². The fraction of sp³-hybridized carbons (Fsp3) is 0.353. The van der Waals surface area contributed by atoms with Crippen LogP contribution in [-0.4, -0.2) is 12.0 Å². The minimum Gasteiger partial charge on any atom is -0.313 e. The summed E-state index contributed by atoms with van der Waals surface area (Å²) in [6, 6.07) is 6.26. The van der Waals surface area contributed by atoms with Gasteiger partial charge in [-0.1, -0.05) is 13.0 Å². The smallest absolute Gasteiger partial charge is 0.130 e. The summed E-state index contributed by atoms with van der Waals surface area (Å²) in [5.74, 6) is -1.04. The molecule has 1 atom stereocenters. The van der Waals surface area contributed by atoms with Crippen molar-refractivity contribution in [1.29, 1.82) is 0 Å². The van der Waals surface area contributed by atoms with Crippen molar-refractivity contribution in [1.82, 2.24) is 10.3 Å². The zero-order valence-electron chi connectivity index (χ0n) is 12.6. The van der Waals surface area contributed by atoms with E-state index in [0.717, 1.165) is 18.2 Å². The molecular weight excluding hydrogens is 270 g/mol. The van der Waals surface area contributed by atoms with E-state index < -0.39 is 11.6 Å². The summed E-state index contributed by atoms with van der Waals surface area (Å²) in [6.07, 6.45) is 3.34. The summed E-state index contributed by atoms with van der Waals surface area (Å²) in [5, 5.41) is 3.08. The lowest BCUT2D eigenvalue weighted by Crippen LogP contribution is -2.21. The van der Waals surface area contributed by atoms with Gasteiger partial charge in [0.25, 0.3) is 0 Å². The molecule has 1 N–H and O–H groups in total. The molecule has 0 aliphatic rings. The summed E-state index contributed by atoms with van der Waals surface area (Å²) in [6.45, 7) is 3.71. The summed E-state index contributed by atoms with van der Waals surface area (Å²) < 4.78 is 27.4. The van der Waals surface area contributed by atoms with Gasteiger partial charge in [-0.25, -0.2) is 8.78 Å².